The Morgan fingerprint density at radius 3 is 3.00 bits per heavy atom. The Hall–Kier alpha value is -1.10. The first-order valence-corrected chi connectivity index (χ1v) is 7.78. The van der Waals surface area contributed by atoms with Crippen molar-refractivity contribution < 1.29 is 0 Å². The van der Waals surface area contributed by atoms with E-state index in [0.717, 1.165) is 32.8 Å². The zero-order chi connectivity index (χ0) is 13.2. The maximum atomic E-state index is 6.01. The Morgan fingerprint density at radius 1 is 1.21 bits per heavy atom. The molecule has 5 heteroatoms. The van der Waals surface area contributed by atoms with Gasteiger partial charge in [0.1, 0.15) is 0 Å². The quantitative estimate of drug-likeness (QED) is 0.689. The lowest BCUT2D eigenvalue weighted by Gasteiger charge is -2.08. The molecule has 0 unspecified atom stereocenters. The van der Waals surface area contributed by atoms with Crippen LogP contribution in [-0.4, -0.2) is 4.98 Å². The number of aromatic nitrogens is 1. The number of nitrogens with one attached hydrogen (secondary N) is 1. The van der Waals surface area contributed by atoms with Crippen molar-refractivity contribution in [3.63, 3.8) is 0 Å². The highest BCUT2D eigenvalue weighted by molar-refractivity contribution is 9.10. The third kappa shape index (κ3) is 2.91. The topological polar surface area (TPSA) is 24.9 Å². The lowest BCUT2D eigenvalue weighted by Crippen LogP contribution is -1.99. The van der Waals surface area contributed by atoms with E-state index in [1.165, 1.54) is 4.70 Å². The maximum Gasteiger partial charge on any atom is 0.0813 e. The van der Waals surface area contributed by atoms with Crippen LogP contribution in [0.5, 0.6) is 0 Å². The monoisotopic (exact) mass is 352 g/mol. The molecule has 0 spiro atoms. The second kappa shape index (κ2) is 5.49. The third-order valence-corrected chi connectivity index (χ3v) is 4.62. The van der Waals surface area contributed by atoms with Crippen molar-refractivity contribution >= 4 is 54.8 Å². The van der Waals surface area contributed by atoms with Crippen LogP contribution < -0.4 is 5.32 Å². The van der Waals surface area contributed by atoms with E-state index in [1.807, 2.05) is 35.8 Å². The average Bonchev–Trinajstić information content (AvgIpc) is 2.87. The molecule has 19 heavy (non-hydrogen) atoms. The van der Waals surface area contributed by atoms with E-state index in [1.54, 1.807) is 11.3 Å². The SMILES string of the molecule is Clc1ccc(Br)c(CNc2ccc3ncsc3c2)c1. The minimum Gasteiger partial charge on any atom is -0.381 e. The second-order valence-electron chi connectivity index (χ2n) is 4.12. The Kier molecular flexibility index (Phi) is 3.73. The van der Waals surface area contributed by atoms with Crippen LogP contribution in [0.4, 0.5) is 5.69 Å². The van der Waals surface area contributed by atoms with Crippen molar-refractivity contribution in [2.24, 2.45) is 0 Å². The minimum atomic E-state index is 0.728. The van der Waals surface area contributed by atoms with Gasteiger partial charge in [-0.25, -0.2) is 4.98 Å². The van der Waals surface area contributed by atoms with Gasteiger partial charge in [-0.1, -0.05) is 27.5 Å². The molecule has 0 amide bonds. The number of anilines is 1. The van der Waals surface area contributed by atoms with Gasteiger partial charge in [-0.05, 0) is 42.0 Å². The van der Waals surface area contributed by atoms with Crippen molar-refractivity contribution in [3.8, 4) is 0 Å². The Morgan fingerprint density at radius 2 is 2.11 bits per heavy atom. The van der Waals surface area contributed by atoms with Gasteiger partial charge in [0, 0.05) is 21.7 Å². The first-order chi connectivity index (χ1) is 9.22. The van der Waals surface area contributed by atoms with Crippen molar-refractivity contribution in [1.29, 1.82) is 0 Å². The Balaban J connectivity index is 1.79. The zero-order valence-electron chi connectivity index (χ0n) is 9.86. The second-order valence-corrected chi connectivity index (χ2v) is 6.30. The highest BCUT2D eigenvalue weighted by atomic mass is 79.9. The van der Waals surface area contributed by atoms with E-state index in [0.29, 0.717) is 0 Å². The largest absolute Gasteiger partial charge is 0.381 e. The van der Waals surface area contributed by atoms with E-state index in [9.17, 15) is 0 Å². The van der Waals surface area contributed by atoms with E-state index in [2.05, 4.69) is 32.3 Å². The van der Waals surface area contributed by atoms with Crippen molar-refractivity contribution in [1.82, 2.24) is 4.98 Å². The number of hydrogen-bond donors (Lipinski definition) is 1. The number of rotatable bonds is 3. The summed E-state index contributed by atoms with van der Waals surface area (Å²) in [5.41, 5.74) is 5.13. The zero-order valence-corrected chi connectivity index (χ0v) is 13.0. The highest BCUT2D eigenvalue weighted by Crippen LogP contribution is 2.24. The van der Waals surface area contributed by atoms with Gasteiger partial charge in [0.05, 0.1) is 15.7 Å². The van der Waals surface area contributed by atoms with Crippen LogP contribution in [0.1, 0.15) is 5.56 Å². The summed E-state index contributed by atoms with van der Waals surface area (Å²) in [7, 11) is 0. The van der Waals surface area contributed by atoms with Crippen molar-refractivity contribution in [3.05, 3.63) is 57.0 Å². The molecule has 96 valence electrons. The number of fused-ring (bicyclic) bond motifs is 1. The first-order valence-electron chi connectivity index (χ1n) is 5.73. The predicted octanol–water partition coefficient (Wildman–Crippen LogP) is 5.32. The normalized spacial score (nSPS) is 10.8. The summed E-state index contributed by atoms with van der Waals surface area (Å²) in [4.78, 5) is 4.27. The molecule has 1 heterocycles. The van der Waals surface area contributed by atoms with Gasteiger partial charge in [-0.15, -0.1) is 11.3 Å². The summed E-state index contributed by atoms with van der Waals surface area (Å²) in [6.45, 7) is 0.728. The van der Waals surface area contributed by atoms with Crippen LogP contribution in [-0.2, 0) is 6.54 Å². The Labute approximate surface area is 128 Å². The smallest absolute Gasteiger partial charge is 0.0813 e. The van der Waals surface area contributed by atoms with Gasteiger partial charge in [-0.2, -0.15) is 0 Å². The molecule has 1 N–H and O–H groups in total. The fourth-order valence-corrected chi connectivity index (χ4v) is 3.14. The lowest BCUT2D eigenvalue weighted by molar-refractivity contribution is 1.14. The third-order valence-electron chi connectivity index (χ3n) is 2.82. The number of nitrogens with zero attached hydrogens (tertiary/aromatic N) is 1. The molecule has 3 rings (SSSR count). The van der Waals surface area contributed by atoms with Gasteiger partial charge in [0.25, 0.3) is 0 Å². The van der Waals surface area contributed by atoms with Gasteiger partial charge >= 0.3 is 0 Å². The molecule has 3 aromatic rings. The molecule has 0 aliphatic rings. The molecule has 0 fully saturated rings. The van der Waals surface area contributed by atoms with E-state index >= 15 is 0 Å². The molecule has 2 nitrogen and oxygen atoms in total. The van der Waals surface area contributed by atoms with Crippen LogP contribution in [0.15, 0.2) is 46.4 Å². The average molecular weight is 354 g/mol. The van der Waals surface area contributed by atoms with E-state index in [-0.39, 0.29) is 0 Å². The molecule has 0 radical (unpaired) electrons. The summed E-state index contributed by atoms with van der Waals surface area (Å²) in [6, 6.07) is 12.0. The summed E-state index contributed by atoms with van der Waals surface area (Å²) in [5, 5.41) is 4.15. The molecule has 0 aliphatic heterocycles. The van der Waals surface area contributed by atoms with Crippen LogP contribution in [0, 0.1) is 0 Å². The molecule has 0 aliphatic carbocycles. The number of thiazole rings is 1. The van der Waals surface area contributed by atoms with Crippen molar-refractivity contribution in [2.75, 3.05) is 5.32 Å². The fourth-order valence-electron chi connectivity index (χ4n) is 1.84. The molecular weight excluding hydrogens is 344 g/mol. The number of halogens is 2. The van der Waals surface area contributed by atoms with E-state index in [4.69, 9.17) is 11.6 Å². The molecule has 0 bridgehead atoms. The van der Waals surface area contributed by atoms with Gasteiger partial charge in [-0.3, -0.25) is 0 Å². The van der Waals surface area contributed by atoms with E-state index < -0.39 is 0 Å². The number of benzene rings is 2. The lowest BCUT2D eigenvalue weighted by atomic mass is 10.2. The molecular formula is C14H10BrClN2S. The summed E-state index contributed by atoms with van der Waals surface area (Å²) >= 11 is 11.2. The molecule has 0 saturated heterocycles. The van der Waals surface area contributed by atoms with Crippen molar-refractivity contribution in [2.45, 2.75) is 6.54 Å². The first kappa shape index (κ1) is 12.9. The molecule has 0 atom stereocenters. The summed E-state index contributed by atoms with van der Waals surface area (Å²) < 4.78 is 2.25. The summed E-state index contributed by atoms with van der Waals surface area (Å²) in [5.74, 6) is 0. The molecule has 2 aromatic carbocycles. The van der Waals surface area contributed by atoms with Crippen LogP contribution >= 0.6 is 38.9 Å². The number of hydrogen-bond acceptors (Lipinski definition) is 3. The molecule has 1 aromatic heterocycles. The van der Waals surface area contributed by atoms with Gasteiger partial charge in [0.2, 0.25) is 0 Å². The van der Waals surface area contributed by atoms with Gasteiger partial charge in [0.15, 0.2) is 0 Å². The van der Waals surface area contributed by atoms with Crippen LogP contribution in [0.25, 0.3) is 10.2 Å². The maximum absolute atomic E-state index is 6.01. The standard InChI is InChI=1S/C14H10BrClN2S/c15-12-3-1-10(16)5-9(12)7-17-11-2-4-13-14(6-11)19-8-18-13/h1-6,8,17H,7H2. The Bertz CT molecular complexity index is 726. The summed E-state index contributed by atoms with van der Waals surface area (Å²) in [6.07, 6.45) is 0. The minimum absolute atomic E-state index is 0.728. The molecule has 0 saturated carbocycles. The highest BCUT2D eigenvalue weighted by Gasteiger charge is 2.02. The fraction of sp³-hybridized carbons (Fsp3) is 0.0714. The van der Waals surface area contributed by atoms with Crippen LogP contribution in [0.3, 0.4) is 0 Å². The predicted molar refractivity (Wildman–Crippen MR) is 86.1 cm³/mol. The van der Waals surface area contributed by atoms with Gasteiger partial charge < -0.3 is 5.32 Å². The van der Waals surface area contributed by atoms with Crippen LogP contribution in [0.2, 0.25) is 5.02 Å².